The molecular formula is C27H39N9O3. The molecule has 0 aliphatic carbocycles. The number of primary amides is 1. The number of amides is 5. The highest BCUT2D eigenvalue weighted by molar-refractivity contribution is 5.96. The molecule has 0 radical (unpaired) electrons. The van der Waals surface area contributed by atoms with Crippen molar-refractivity contribution in [3.05, 3.63) is 41.7 Å². The van der Waals surface area contributed by atoms with E-state index in [4.69, 9.17) is 10.7 Å². The van der Waals surface area contributed by atoms with Gasteiger partial charge >= 0.3 is 12.1 Å². The molecule has 39 heavy (non-hydrogen) atoms. The molecule has 1 unspecified atom stereocenters. The molecule has 0 spiro atoms. The minimum absolute atomic E-state index is 0.0110. The number of nitrogens with zero attached hydrogens (tertiary/aromatic N) is 6. The Kier molecular flexibility index (Phi) is 8.72. The molecule has 210 valence electrons. The summed E-state index contributed by atoms with van der Waals surface area (Å²) in [5, 5.41) is 6.25. The zero-order chi connectivity index (χ0) is 28.1. The van der Waals surface area contributed by atoms with E-state index in [0.717, 1.165) is 51.0 Å². The van der Waals surface area contributed by atoms with Crippen molar-refractivity contribution >= 4 is 35.3 Å². The number of carbonyl (C=O) groups is 3. The number of piperidine rings is 2. The number of rotatable bonds is 6. The monoisotopic (exact) mass is 537 g/mol. The third-order valence-electron chi connectivity index (χ3n) is 7.27. The summed E-state index contributed by atoms with van der Waals surface area (Å²) >= 11 is 0. The molecule has 2 aromatic rings. The summed E-state index contributed by atoms with van der Waals surface area (Å²) in [5.74, 6) is 0.626. The van der Waals surface area contributed by atoms with Crippen LogP contribution in [0.3, 0.4) is 0 Å². The lowest BCUT2D eigenvalue weighted by Gasteiger charge is -2.34. The molecule has 2 aliphatic rings. The van der Waals surface area contributed by atoms with Crippen molar-refractivity contribution in [2.75, 3.05) is 64.6 Å². The average molecular weight is 538 g/mol. The number of benzene rings is 1. The first-order valence-corrected chi connectivity index (χ1v) is 13.3. The van der Waals surface area contributed by atoms with Crippen LogP contribution in [0.1, 0.15) is 47.7 Å². The smallest absolute Gasteiger partial charge is 0.319 e. The summed E-state index contributed by atoms with van der Waals surface area (Å²) < 4.78 is 0. The Morgan fingerprint density at radius 3 is 2.28 bits per heavy atom. The van der Waals surface area contributed by atoms with Gasteiger partial charge in [-0.3, -0.25) is 4.79 Å². The second-order valence-corrected chi connectivity index (χ2v) is 10.6. The molecule has 12 nitrogen and oxygen atoms in total. The van der Waals surface area contributed by atoms with E-state index in [1.54, 1.807) is 39.3 Å². The Labute approximate surface area is 229 Å². The van der Waals surface area contributed by atoms with Gasteiger partial charge in [0.05, 0.1) is 6.20 Å². The van der Waals surface area contributed by atoms with Crippen molar-refractivity contribution in [3.63, 3.8) is 0 Å². The number of carbonyl (C=O) groups excluding carboxylic acids is 3. The van der Waals surface area contributed by atoms with Gasteiger partial charge in [0.2, 0.25) is 0 Å². The predicted octanol–water partition coefficient (Wildman–Crippen LogP) is 2.42. The molecular weight excluding hydrogens is 498 g/mol. The maximum Gasteiger partial charge on any atom is 0.319 e. The van der Waals surface area contributed by atoms with Gasteiger partial charge in [-0.1, -0.05) is 12.1 Å². The second kappa shape index (κ2) is 12.2. The first kappa shape index (κ1) is 27.9. The fourth-order valence-corrected chi connectivity index (χ4v) is 5.07. The number of nitrogens with two attached hydrogens (primary N) is 1. The molecule has 0 saturated carbocycles. The van der Waals surface area contributed by atoms with E-state index in [1.165, 1.54) is 10.5 Å². The molecule has 2 fully saturated rings. The van der Waals surface area contributed by atoms with Crippen LogP contribution in [-0.2, 0) is 0 Å². The van der Waals surface area contributed by atoms with Gasteiger partial charge in [-0.2, -0.15) is 0 Å². The maximum atomic E-state index is 12.2. The van der Waals surface area contributed by atoms with Crippen molar-refractivity contribution in [1.29, 1.82) is 0 Å². The number of hydrogen-bond acceptors (Lipinski definition) is 7. The quantitative estimate of drug-likeness (QED) is 0.514. The number of hydrogen-bond donors (Lipinski definition) is 3. The Morgan fingerprint density at radius 1 is 0.974 bits per heavy atom. The Balaban J connectivity index is 1.44. The Morgan fingerprint density at radius 2 is 1.67 bits per heavy atom. The molecule has 4 N–H and O–H groups in total. The summed E-state index contributed by atoms with van der Waals surface area (Å²) in [6.07, 6.45) is 5.16. The zero-order valence-corrected chi connectivity index (χ0v) is 23.2. The fourth-order valence-electron chi connectivity index (χ4n) is 5.07. The third-order valence-corrected chi connectivity index (χ3v) is 7.27. The number of likely N-dealkylation sites (tertiary alicyclic amines) is 1. The van der Waals surface area contributed by atoms with E-state index in [0.29, 0.717) is 24.1 Å². The van der Waals surface area contributed by atoms with Gasteiger partial charge in [-0.05, 0) is 49.3 Å². The lowest BCUT2D eigenvalue weighted by atomic mass is 9.89. The van der Waals surface area contributed by atoms with Crippen molar-refractivity contribution < 1.29 is 14.4 Å². The highest BCUT2D eigenvalue weighted by Crippen LogP contribution is 2.30. The number of nitrogens with one attached hydrogen (secondary N) is 2. The molecule has 3 heterocycles. The van der Waals surface area contributed by atoms with Gasteiger partial charge in [0.25, 0.3) is 5.91 Å². The largest absolute Gasteiger partial charge is 0.364 e. The fraction of sp³-hybridized carbons (Fsp3) is 0.519. The van der Waals surface area contributed by atoms with Gasteiger partial charge in [0.1, 0.15) is 5.82 Å². The zero-order valence-electron chi connectivity index (χ0n) is 23.2. The average Bonchev–Trinajstić information content (AvgIpc) is 2.93. The molecule has 12 heteroatoms. The van der Waals surface area contributed by atoms with Crippen molar-refractivity contribution in [3.8, 4) is 0 Å². The van der Waals surface area contributed by atoms with Gasteiger partial charge < -0.3 is 36.0 Å². The molecule has 4 rings (SSSR count). The molecule has 2 saturated heterocycles. The summed E-state index contributed by atoms with van der Waals surface area (Å²) in [7, 11) is 6.98. The normalized spacial score (nSPS) is 17.9. The molecule has 1 atom stereocenters. The van der Waals surface area contributed by atoms with E-state index in [9.17, 15) is 14.4 Å². The van der Waals surface area contributed by atoms with Crippen LogP contribution in [0.5, 0.6) is 0 Å². The van der Waals surface area contributed by atoms with Crippen LogP contribution in [0.2, 0.25) is 0 Å². The number of anilines is 3. The van der Waals surface area contributed by atoms with Crippen LogP contribution >= 0.6 is 0 Å². The summed E-state index contributed by atoms with van der Waals surface area (Å²) in [6, 6.07) is 7.97. The van der Waals surface area contributed by atoms with E-state index in [1.807, 2.05) is 17.0 Å². The van der Waals surface area contributed by atoms with Crippen molar-refractivity contribution in [2.45, 2.75) is 37.6 Å². The van der Waals surface area contributed by atoms with Gasteiger partial charge in [-0.25, -0.2) is 19.6 Å². The first-order valence-electron chi connectivity index (χ1n) is 13.3. The van der Waals surface area contributed by atoms with E-state index < -0.39 is 5.91 Å². The highest BCUT2D eigenvalue weighted by Gasteiger charge is 2.26. The SMILES string of the molecule is CN(C)C(=O)NC1CCCN(c2cnc(C(N)=O)c(Nc3ccc(C4CCN(C(=O)N(C)C)CC4)cc3)n2)C1. The van der Waals surface area contributed by atoms with Crippen LogP contribution < -0.4 is 21.3 Å². The van der Waals surface area contributed by atoms with E-state index in [-0.39, 0.29) is 23.8 Å². The van der Waals surface area contributed by atoms with Crippen LogP contribution in [0.15, 0.2) is 30.5 Å². The van der Waals surface area contributed by atoms with Gasteiger partial charge in [0, 0.05) is 66.1 Å². The maximum absolute atomic E-state index is 12.2. The summed E-state index contributed by atoms with van der Waals surface area (Å²) in [5.41, 5.74) is 7.64. The van der Waals surface area contributed by atoms with Crippen molar-refractivity contribution in [1.82, 2.24) is 30.0 Å². The molecule has 0 bridgehead atoms. The number of urea groups is 2. The second-order valence-electron chi connectivity index (χ2n) is 10.6. The molecule has 5 amide bonds. The summed E-state index contributed by atoms with van der Waals surface area (Å²) in [4.78, 5) is 52.5. The minimum Gasteiger partial charge on any atom is -0.364 e. The lowest BCUT2D eigenvalue weighted by Crippen LogP contribution is -2.50. The van der Waals surface area contributed by atoms with Crippen LogP contribution in [0.4, 0.5) is 26.9 Å². The van der Waals surface area contributed by atoms with Crippen LogP contribution in [0, 0.1) is 0 Å². The topological polar surface area (TPSA) is 140 Å². The predicted molar refractivity (Wildman–Crippen MR) is 150 cm³/mol. The van der Waals surface area contributed by atoms with Crippen LogP contribution in [-0.4, -0.2) is 103 Å². The molecule has 2 aliphatic heterocycles. The van der Waals surface area contributed by atoms with Crippen molar-refractivity contribution in [2.24, 2.45) is 5.73 Å². The third kappa shape index (κ3) is 6.87. The van der Waals surface area contributed by atoms with Crippen LogP contribution in [0.25, 0.3) is 0 Å². The van der Waals surface area contributed by atoms with Gasteiger partial charge in [0.15, 0.2) is 11.5 Å². The standard InChI is InChI=1S/C27H39N9O3/c1-33(2)26(38)31-21-6-5-13-36(17-21)22-16-29-23(24(28)37)25(32-22)30-20-9-7-18(8-10-20)19-11-14-35(15-12-19)27(39)34(3)4/h7-10,16,19,21H,5-6,11-15,17H2,1-4H3,(H2,28,37)(H,30,32)(H,31,38). The number of aromatic nitrogens is 2. The minimum atomic E-state index is -0.665. The Bertz CT molecular complexity index is 1180. The lowest BCUT2D eigenvalue weighted by molar-refractivity contribution is 0.0996. The highest BCUT2D eigenvalue weighted by atomic mass is 16.2. The van der Waals surface area contributed by atoms with Gasteiger partial charge in [-0.15, -0.1) is 0 Å². The molecule has 1 aromatic carbocycles. The first-order chi connectivity index (χ1) is 18.6. The molecule has 1 aromatic heterocycles. The van der Waals surface area contributed by atoms with E-state index >= 15 is 0 Å². The van der Waals surface area contributed by atoms with E-state index in [2.05, 4.69) is 32.7 Å². The Hall–Kier alpha value is -4.09. The summed E-state index contributed by atoms with van der Waals surface area (Å²) in [6.45, 7) is 2.84.